The molecule has 1 fully saturated rings. The minimum absolute atomic E-state index is 0.179. The fourth-order valence-corrected chi connectivity index (χ4v) is 1.89. The third-order valence-electron chi connectivity index (χ3n) is 3.20. The summed E-state index contributed by atoms with van der Waals surface area (Å²) in [6, 6.07) is 1.79. The third-order valence-corrected chi connectivity index (χ3v) is 3.20. The molecule has 2 N–H and O–H groups in total. The fourth-order valence-electron chi connectivity index (χ4n) is 1.89. The van der Waals surface area contributed by atoms with E-state index in [2.05, 4.69) is 10.3 Å². The molecule has 0 aliphatic heterocycles. The highest BCUT2D eigenvalue weighted by molar-refractivity contribution is 5.94. The van der Waals surface area contributed by atoms with E-state index in [1.165, 1.54) is 6.20 Å². The lowest BCUT2D eigenvalue weighted by Gasteiger charge is -2.23. The van der Waals surface area contributed by atoms with Crippen LogP contribution in [0.1, 0.15) is 35.7 Å². The average Bonchev–Trinajstić information content (AvgIpc) is 3.10. The minimum atomic E-state index is -0.785. The molecule has 1 aromatic heterocycles. The minimum Gasteiger partial charge on any atom is -0.388 e. The topological polar surface area (TPSA) is 62.2 Å². The van der Waals surface area contributed by atoms with Crippen molar-refractivity contribution in [3.63, 3.8) is 0 Å². The van der Waals surface area contributed by atoms with E-state index in [0.717, 1.165) is 18.4 Å². The van der Waals surface area contributed by atoms with Crippen LogP contribution in [-0.2, 0) is 0 Å². The highest BCUT2D eigenvalue weighted by Gasteiger charge is 2.39. The number of nitrogens with zero attached hydrogens (tertiary/aromatic N) is 1. The number of aliphatic hydroxyl groups is 1. The van der Waals surface area contributed by atoms with E-state index in [-0.39, 0.29) is 5.91 Å². The van der Waals surface area contributed by atoms with E-state index in [1.54, 1.807) is 19.2 Å². The van der Waals surface area contributed by atoms with Crippen LogP contribution in [0.2, 0.25) is 0 Å². The van der Waals surface area contributed by atoms with Gasteiger partial charge in [-0.25, -0.2) is 0 Å². The zero-order valence-electron chi connectivity index (χ0n) is 10.2. The number of carbonyl (C=O) groups is 1. The van der Waals surface area contributed by atoms with Crippen LogP contribution in [0.25, 0.3) is 0 Å². The summed E-state index contributed by atoms with van der Waals surface area (Å²) >= 11 is 0. The quantitative estimate of drug-likeness (QED) is 0.825. The number of carbonyl (C=O) groups excluding carboxylic acids is 1. The molecule has 0 radical (unpaired) electrons. The Morgan fingerprint density at radius 3 is 2.88 bits per heavy atom. The van der Waals surface area contributed by atoms with Crippen molar-refractivity contribution in [3.05, 3.63) is 29.6 Å². The van der Waals surface area contributed by atoms with Gasteiger partial charge in [-0.1, -0.05) is 0 Å². The maximum Gasteiger partial charge on any atom is 0.252 e. The molecular formula is C13H18N2O2. The second kappa shape index (κ2) is 4.45. The molecule has 2 rings (SSSR count). The highest BCUT2D eigenvalue weighted by atomic mass is 16.3. The molecule has 0 spiro atoms. The highest BCUT2D eigenvalue weighted by Crippen LogP contribution is 2.38. The largest absolute Gasteiger partial charge is 0.388 e. The number of aromatic nitrogens is 1. The third kappa shape index (κ3) is 3.03. The van der Waals surface area contributed by atoms with Gasteiger partial charge in [0.1, 0.15) is 0 Å². The fraction of sp³-hybridized carbons (Fsp3) is 0.538. The number of nitrogens with one attached hydrogen (secondary N) is 1. The number of rotatable bonds is 4. The summed E-state index contributed by atoms with van der Waals surface area (Å²) in [4.78, 5) is 15.8. The molecule has 17 heavy (non-hydrogen) atoms. The Labute approximate surface area is 101 Å². The SMILES string of the molecule is Cc1cncc(C(=O)NCC(C)(O)C2CC2)c1. The summed E-state index contributed by atoms with van der Waals surface area (Å²) in [5.74, 6) is 0.153. The summed E-state index contributed by atoms with van der Waals surface area (Å²) in [6.45, 7) is 3.97. The molecule has 0 aromatic carbocycles. The van der Waals surface area contributed by atoms with Crippen LogP contribution < -0.4 is 5.32 Å². The normalized spacial score (nSPS) is 18.5. The first-order valence-electron chi connectivity index (χ1n) is 5.91. The zero-order chi connectivity index (χ0) is 12.5. The molecular weight excluding hydrogens is 216 g/mol. The lowest BCUT2D eigenvalue weighted by molar-refractivity contribution is 0.0354. The second-order valence-corrected chi connectivity index (χ2v) is 5.07. The van der Waals surface area contributed by atoms with Gasteiger partial charge in [-0.15, -0.1) is 0 Å². The maximum absolute atomic E-state index is 11.8. The first-order valence-corrected chi connectivity index (χ1v) is 5.91. The number of hydrogen-bond donors (Lipinski definition) is 2. The monoisotopic (exact) mass is 234 g/mol. The Morgan fingerprint density at radius 2 is 2.29 bits per heavy atom. The maximum atomic E-state index is 11.8. The lowest BCUT2D eigenvalue weighted by atomic mass is 10.0. The zero-order valence-corrected chi connectivity index (χ0v) is 10.2. The predicted octanol–water partition coefficient (Wildman–Crippen LogP) is 1.28. The Bertz CT molecular complexity index is 425. The van der Waals surface area contributed by atoms with Gasteiger partial charge in [0.15, 0.2) is 0 Å². The Hall–Kier alpha value is -1.42. The molecule has 92 valence electrons. The molecule has 4 heteroatoms. The van der Waals surface area contributed by atoms with Crippen LogP contribution in [0, 0.1) is 12.8 Å². The molecule has 1 amide bonds. The van der Waals surface area contributed by atoms with Crippen LogP contribution in [-0.4, -0.2) is 28.1 Å². The van der Waals surface area contributed by atoms with Gasteiger partial charge in [0.25, 0.3) is 5.91 Å². The predicted molar refractivity (Wildman–Crippen MR) is 64.7 cm³/mol. The number of aryl methyl sites for hydroxylation is 1. The summed E-state index contributed by atoms with van der Waals surface area (Å²) in [5.41, 5.74) is 0.704. The van der Waals surface area contributed by atoms with Gasteiger partial charge in [-0.05, 0) is 44.2 Å². The van der Waals surface area contributed by atoms with Crippen LogP contribution in [0.4, 0.5) is 0 Å². The van der Waals surface area contributed by atoms with Crippen molar-refractivity contribution in [2.24, 2.45) is 5.92 Å². The van der Waals surface area contributed by atoms with E-state index in [0.29, 0.717) is 18.0 Å². The van der Waals surface area contributed by atoms with Gasteiger partial charge < -0.3 is 10.4 Å². The van der Waals surface area contributed by atoms with Crippen LogP contribution in [0.3, 0.4) is 0 Å². The molecule has 1 aliphatic carbocycles. The van der Waals surface area contributed by atoms with Crippen molar-refractivity contribution in [2.45, 2.75) is 32.3 Å². The van der Waals surface area contributed by atoms with Gasteiger partial charge in [0, 0.05) is 18.9 Å². The molecule has 1 heterocycles. The van der Waals surface area contributed by atoms with Crippen molar-refractivity contribution in [2.75, 3.05) is 6.54 Å². The average molecular weight is 234 g/mol. The Kier molecular flexibility index (Phi) is 3.15. The van der Waals surface area contributed by atoms with E-state index >= 15 is 0 Å². The molecule has 0 bridgehead atoms. The molecule has 4 nitrogen and oxygen atoms in total. The van der Waals surface area contributed by atoms with Gasteiger partial charge in [-0.3, -0.25) is 9.78 Å². The molecule has 1 saturated carbocycles. The Morgan fingerprint density at radius 1 is 1.59 bits per heavy atom. The van der Waals surface area contributed by atoms with E-state index in [1.807, 2.05) is 6.92 Å². The van der Waals surface area contributed by atoms with Crippen molar-refractivity contribution in [1.29, 1.82) is 0 Å². The number of pyridine rings is 1. The summed E-state index contributed by atoms with van der Waals surface area (Å²) in [7, 11) is 0. The first-order chi connectivity index (χ1) is 7.99. The van der Waals surface area contributed by atoms with E-state index < -0.39 is 5.60 Å². The van der Waals surface area contributed by atoms with Crippen LogP contribution in [0.5, 0.6) is 0 Å². The van der Waals surface area contributed by atoms with Gasteiger partial charge in [0.05, 0.1) is 11.2 Å². The van der Waals surface area contributed by atoms with Gasteiger partial charge >= 0.3 is 0 Å². The number of hydrogen-bond acceptors (Lipinski definition) is 3. The van der Waals surface area contributed by atoms with Crippen molar-refractivity contribution < 1.29 is 9.90 Å². The molecule has 1 aromatic rings. The molecule has 1 unspecified atom stereocenters. The van der Waals surface area contributed by atoms with Crippen molar-refractivity contribution in [3.8, 4) is 0 Å². The van der Waals surface area contributed by atoms with Gasteiger partial charge in [-0.2, -0.15) is 0 Å². The summed E-state index contributed by atoms with van der Waals surface area (Å²) in [6.07, 6.45) is 5.34. The van der Waals surface area contributed by atoms with Crippen LogP contribution >= 0.6 is 0 Å². The Balaban J connectivity index is 1.93. The number of amides is 1. The molecule has 1 aliphatic rings. The first kappa shape index (κ1) is 12.0. The van der Waals surface area contributed by atoms with Crippen molar-refractivity contribution >= 4 is 5.91 Å². The van der Waals surface area contributed by atoms with E-state index in [9.17, 15) is 9.90 Å². The lowest BCUT2D eigenvalue weighted by Crippen LogP contribution is -2.42. The van der Waals surface area contributed by atoms with Crippen molar-refractivity contribution in [1.82, 2.24) is 10.3 Å². The van der Waals surface area contributed by atoms with E-state index in [4.69, 9.17) is 0 Å². The summed E-state index contributed by atoms with van der Waals surface area (Å²) in [5, 5.41) is 12.8. The van der Waals surface area contributed by atoms with Crippen LogP contribution in [0.15, 0.2) is 18.5 Å². The molecule has 1 atom stereocenters. The van der Waals surface area contributed by atoms with Gasteiger partial charge in [0.2, 0.25) is 0 Å². The standard InChI is InChI=1S/C13H18N2O2/c1-9-5-10(7-14-6-9)12(16)15-8-13(2,17)11-3-4-11/h5-7,11,17H,3-4,8H2,1-2H3,(H,15,16). The smallest absolute Gasteiger partial charge is 0.252 e. The molecule has 0 saturated heterocycles. The second-order valence-electron chi connectivity index (χ2n) is 5.07. The summed E-state index contributed by atoms with van der Waals surface area (Å²) < 4.78 is 0.